The molecule has 0 saturated carbocycles. The summed E-state index contributed by atoms with van der Waals surface area (Å²) in [5.74, 6) is -0.894. The molecule has 0 aliphatic carbocycles. The maximum Gasteiger partial charge on any atom is 0.355 e. The maximum atomic E-state index is 13.3. The molecule has 0 fully saturated rings. The number of nitrogens with one attached hydrogen (secondary N) is 1. The summed E-state index contributed by atoms with van der Waals surface area (Å²) >= 11 is 1.34. The normalized spacial score (nSPS) is 11.9. The van der Waals surface area contributed by atoms with E-state index in [1.165, 1.54) is 11.3 Å². The molecule has 8 heteroatoms. The summed E-state index contributed by atoms with van der Waals surface area (Å²) in [6.07, 6.45) is 0.615. The number of hydrogen-bond donors (Lipinski definition) is 1. The number of rotatable bonds is 10. The highest BCUT2D eigenvalue weighted by atomic mass is 32.1. The van der Waals surface area contributed by atoms with Gasteiger partial charge in [-0.15, -0.1) is 11.3 Å². The van der Waals surface area contributed by atoms with Crippen LogP contribution in [0.3, 0.4) is 0 Å². The van der Waals surface area contributed by atoms with E-state index in [-0.39, 0.29) is 24.0 Å². The predicted molar refractivity (Wildman–Crippen MR) is 112 cm³/mol. The van der Waals surface area contributed by atoms with Crippen LogP contribution in [0.4, 0.5) is 0 Å². The fourth-order valence-electron chi connectivity index (χ4n) is 3.27. The molecule has 0 aromatic carbocycles. The Hall–Kier alpha value is -2.45. The van der Waals surface area contributed by atoms with E-state index in [0.29, 0.717) is 41.3 Å². The van der Waals surface area contributed by atoms with E-state index in [1.54, 1.807) is 45.8 Å². The molecule has 1 amide bonds. The van der Waals surface area contributed by atoms with Gasteiger partial charge in [-0.3, -0.25) is 9.59 Å². The average Bonchev–Trinajstić information content (AvgIpc) is 3.32. The predicted octanol–water partition coefficient (Wildman–Crippen LogP) is 3.62. The lowest BCUT2D eigenvalue weighted by Crippen LogP contribution is -2.44. The third-order valence-electron chi connectivity index (χ3n) is 4.75. The van der Waals surface area contributed by atoms with Crippen molar-refractivity contribution in [1.82, 2.24) is 9.88 Å². The van der Waals surface area contributed by atoms with Gasteiger partial charge in [0.1, 0.15) is 5.69 Å². The molecule has 1 N–H and O–H groups in total. The number of esters is 1. The van der Waals surface area contributed by atoms with Gasteiger partial charge in [-0.05, 0) is 51.1 Å². The summed E-state index contributed by atoms with van der Waals surface area (Å²) in [6, 6.07) is 2.87. The van der Waals surface area contributed by atoms with Gasteiger partial charge < -0.3 is 19.4 Å². The Morgan fingerprint density at radius 2 is 2.00 bits per heavy atom. The lowest BCUT2D eigenvalue weighted by molar-refractivity contribution is 0.0518. The van der Waals surface area contributed by atoms with Crippen LogP contribution in [0.25, 0.3) is 0 Å². The first kappa shape index (κ1) is 22.8. The molecule has 0 unspecified atom stereocenters. The summed E-state index contributed by atoms with van der Waals surface area (Å²) in [7, 11) is 1.60. The number of carbonyl (C=O) groups excluding carboxylic acids is 3. The number of ketones is 1. The van der Waals surface area contributed by atoms with Crippen LogP contribution in [0.2, 0.25) is 0 Å². The molecule has 0 radical (unpaired) electrons. The van der Waals surface area contributed by atoms with Gasteiger partial charge in [0.2, 0.25) is 0 Å². The number of carbonyl (C=O) groups is 3. The number of amides is 1. The van der Waals surface area contributed by atoms with Crippen LogP contribution in [0.5, 0.6) is 0 Å². The third kappa shape index (κ3) is 5.13. The Balaban J connectivity index is 2.33. The lowest BCUT2D eigenvalue weighted by Gasteiger charge is -2.28. The van der Waals surface area contributed by atoms with Crippen LogP contribution in [-0.2, 0) is 9.47 Å². The smallest absolute Gasteiger partial charge is 0.355 e. The Labute approximate surface area is 175 Å². The highest BCUT2D eigenvalue weighted by Gasteiger charge is 2.31. The molecule has 2 heterocycles. The standard InChI is InChI=1S/C21H28N2O5S/c1-6-28-21(26)18-13(2)17(14(3)22-18)19(24)15(4)23(10-8-11-27-5)20(25)16-9-7-12-29-16/h7,9,12,15,22H,6,8,10-11H2,1-5H3/t15-/m1/s1. The minimum atomic E-state index is -0.690. The molecular formula is C21H28N2O5S. The number of H-pyrrole nitrogens is 1. The van der Waals surface area contributed by atoms with Crippen molar-refractivity contribution in [2.45, 2.75) is 40.2 Å². The molecule has 0 bridgehead atoms. The fourth-order valence-corrected chi connectivity index (χ4v) is 3.95. The number of hydrogen-bond acceptors (Lipinski definition) is 6. The van der Waals surface area contributed by atoms with Crippen LogP contribution in [-0.4, -0.2) is 60.5 Å². The first-order valence-corrected chi connectivity index (χ1v) is 10.4. The van der Waals surface area contributed by atoms with E-state index >= 15 is 0 Å². The van der Waals surface area contributed by atoms with Gasteiger partial charge in [0.05, 0.1) is 17.5 Å². The zero-order chi connectivity index (χ0) is 21.6. The van der Waals surface area contributed by atoms with E-state index in [4.69, 9.17) is 9.47 Å². The zero-order valence-electron chi connectivity index (χ0n) is 17.5. The lowest BCUT2D eigenvalue weighted by atomic mass is 9.99. The van der Waals surface area contributed by atoms with Gasteiger partial charge in [-0.1, -0.05) is 6.07 Å². The number of aromatic amines is 1. The summed E-state index contributed by atoms with van der Waals surface area (Å²) in [5, 5.41) is 1.83. The van der Waals surface area contributed by atoms with E-state index in [0.717, 1.165) is 0 Å². The first-order chi connectivity index (χ1) is 13.8. The molecule has 0 spiro atoms. The summed E-state index contributed by atoms with van der Waals surface area (Å²) < 4.78 is 10.2. The van der Waals surface area contributed by atoms with Crippen LogP contribution < -0.4 is 0 Å². The van der Waals surface area contributed by atoms with Gasteiger partial charge in [-0.25, -0.2) is 4.79 Å². The number of aryl methyl sites for hydroxylation is 1. The molecule has 2 rings (SSSR count). The Kier molecular flexibility index (Phi) is 8.16. The minimum absolute atomic E-state index is 0.187. The van der Waals surface area contributed by atoms with Gasteiger partial charge in [0.25, 0.3) is 5.91 Å². The molecule has 158 valence electrons. The number of methoxy groups -OCH3 is 1. The molecule has 1 atom stereocenters. The number of nitrogens with zero attached hydrogens (tertiary/aromatic N) is 1. The second-order valence-electron chi connectivity index (χ2n) is 6.71. The molecule has 2 aromatic heterocycles. The molecule has 29 heavy (non-hydrogen) atoms. The highest BCUT2D eigenvalue weighted by Crippen LogP contribution is 2.23. The number of Topliss-reactive ketones (excluding diaryl/α,β-unsaturated/α-hetero) is 1. The summed E-state index contributed by atoms with van der Waals surface area (Å²) in [5.41, 5.74) is 1.83. The molecule has 0 aliphatic rings. The van der Waals surface area contributed by atoms with Crippen LogP contribution >= 0.6 is 11.3 Å². The van der Waals surface area contributed by atoms with Crippen LogP contribution in [0, 0.1) is 13.8 Å². The van der Waals surface area contributed by atoms with E-state index in [2.05, 4.69) is 4.98 Å². The number of thiophene rings is 1. The minimum Gasteiger partial charge on any atom is -0.461 e. The van der Waals surface area contributed by atoms with Gasteiger partial charge in [0, 0.05) is 31.5 Å². The van der Waals surface area contributed by atoms with Crippen molar-refractivity contribution in [2.75, 3.05) is 26.9 Å². The van der Waals surface area contributed by atoms with Crippen molar-refractivity contribution in [3.8, 4) is 0 Å². The third-order valence-corrected chi connectivity index (χ3v) is 5.61. The fraction of sp³-hybridized carbons (Fsp3) is 0.476. The topological polar surface area (TPSA) is 88.7 Å². The van der Waals surface area contributed by atoms with Gasteiger partial charge in [0.15, 0.2) is 5.78 Å². The van der Waals surface area contributed by atoms with E-state index in [1.807, 2.05) is 11.4 Å². The Morgan fingerprint density at radius 1 is 1.28 bits per heavy atom. The highest BCUT2D eigenvalue weighted by molar-refractivity contribution is 7.12. The largest absolute Gasteiger partial charge is 0.461 e. The molecule has 0 saturated heterocycles. The summed E-state index contributed by atoms with van der Waals surface area (Å²) in [6.45, 7) is 8.04. The number of ether oxygens (including phenoxy) is 2. The SMILES string of the molecule is CCOC(=O)c1[nH]c(C)c(C(=O)[C@@H](C)N(CCCOC)C(=O)c2cccs2)c1C. The van der Waals surface area contributed by atoms with Gasteiger partial charge in [-0.2, -0.15) is 0 Å². The second-order valence-corrected chi connectivity index (χ2v) is 7.66. The van der Waals surface area contributed by atoms with Crippen molar-refractivity contribution in [3.63, 3.8) is 0 Å². The van der Waals surface area contributed by atoms with Crippen molar-refractivity contribution < 1.29 is 23.9 Å². The molecule has 0 aliphatic heterocycles. The van der Waals surface area contributed by atoms with E-state index < -0.39 is 12.0 Å². The average molecular weight is 421 g/mol. The Bertz CT molecular complexity index is 857. The summed E-state index contributed by atoms with van der Waals surface area (Å²) in [4.78, 5) is 43.6. The van der Waals surface area contributed by atoms with Crippen LogP contribution in [0.15, 0.2) is 17.5 Å². The molecular weight excluding hydrogens is 392 g/mol. The van der Waals surface area contributed by atoms with Crippen molar-refractivity contribution >= 4 is 29.0 Å². The van der Waals surface area contributed by atoms with Crippen LogP contribution in [0.1, 0.15) is 62.0 Å². The Morgan fingerprint density at radius 3 is 2.59 bits per heavy atom. The monoisotopic (exact) mass is 420 g/mol. The molecule has 2 aromatic rings. The zero-order valence-corrected chi connectivity index (χ0v) is 18.4. The van der Waals surface area contributed by atoms with Gasteiger partial charge >= 0.3 is 5.97 Å². The second kappa shape index (κ2) is 10.4. The maximum absolute atomic E-state index is 13.3. The van der Waals surface area contributed by atoms with Crippen molar-refractivity contribution in [3.05, 3.63) is 44.9 Å². The quantitative estimate of drug-likeness (QED) is 0.360. The van der Waals surface area contributed by atoms with Crippen molar-refractivity contribution in [1.29, 1.82) is 0 Å². The van der Waals surface area contributed by atoms with E-state index in [9.17, 15) is 14.4 Å². The number of aromatic nitrogens is 1. The molecule has 7 nitrogen and oxygen atoms in total. The first-order valence-electron chi connectivity index (χ1n) is 9.57. The van der Waals surface area contributed by atoms with Crippen molar-refractivity contribution in [2.24, 2.45) is 0 Å².